The van der Waals surface area contributed by atoms with Crippen molar-refractivity contribution >= 4 is 35.1 Å². The molecule has 0 fully saturated rings. The van der Waals surface area contributed by atoms with Crippen LogP contribution in [-0.2, 0) is 9.53 Å². The lowest BCUT2D eigenvalue weighted by Gasteiger charge is -2.13. The van der Waals surface area contributed by atoms with E-state index >= 15 is 0 Å². The van der Waals surface area contributed by atoms with Gasteiger partial charge in [0.25, 0.3) is 11.5 Å². The Morgan fingerprint density at radius 2 is 1.93 bits per heavy atom. The number of carbonyl (C=O) groups is 2. The fourth-order valence-corrected chi connectivity index (χ4v) is 3.30. The highest BCUT2D eigenvalue weighted by molar-refractivity contribution is 8.00. The Kier molecular flexibility index (Phi) is 7.48. The van der Waals surface area contributed by atoms with Crippen LogP contribution < -0.4 is 26.1 Å². The van der Waals surface area contributed by atoms with Gasteiger partial charge in [0, 0.05) is 5.56 Å². The molecule has 1 aromatic carbocycles. The van der Waals surface area contributed by atoms with Crippen molar-refractivity contribution in [3.63, 3.8) is 0 Å². The summed E-state index contributed by atoms with van der Waals surface area (Å²) in [6.45, 7) is 1.80. The maximum absolute atomic E-state index is 12.5. The van der Waals surface area contributed by atoms with Crippen LogP contribution in [0.3, 0.4) is 0 Å². The molecule has 1 atom stereocenters. The minimum absolute atomic E-state index is 0.147. The molecule has 0 aliphatic heterocycles. The van der Waals surface area contributed by atoms with Gasteiger partial charge in [-0.1, -0.05) is 18.7 Å². The van der Waals surface area contributed by atoms with E-state index < -0.39 is 22.7 Å². The van der Waals surface area contributed by atoms with Gasteiger partial charge < -0.3 is 25.3 Å². The molecule has 1 amide bonds. The lowest BCUT2D eigenvalue weighted by Crippen LogP contribution is -2.24. The highest BCUT2D eigenvalue weighted by Gasteiger charge is 2.21. The van der Waals surface area contributed by atoms with Crippen molar-refractivity contribution in [1.82, 2.24) is 9.97 Å². The predicted molar refractivity (Wildman–Crippen MR) is 109 cm³/mol. The van der Waals surface area contributed by atoms with Crippen LogP contribution in [0.25, 0.3) is 0 Å². The average molecular weight is 422 g/mol. The van der Waals surface area contributed by atoms with Gasteiger partial charge in [-0.2, -0.15) is 0 Å². The number of esters is 1. The lowest BCUT2D eigenvalue weighted by molar-refractivity contribution is -0.140. The number of carbonyl (C=O) groups excluding carboxylic acids is 2. The fraction of sp³-hybridized carbons (Fsp3) is 0.333. The number of aromatic nitrogens is 2. The number of thioether (sulfide) groups is 1. The quantitative estimate of drug-likeness (QED) is 0.328. The number of benzene rings is 1. The van der Waals surface area contributed by atoms with E-state index in [2.05, 4.69) is 15.3 Å². The van der Waals surface area contributed by atoms with E-state index in [0.29, 0.717) is 17.9 Å². The third-order valence-corrected chi connectivity index (χ3v) is 5.13. The Hall–Kier alpha value is -3.21. The summed E-state index contributed by atoms with van der Waals surface area (Å²) in [5, 5.41) is 2.05. The number of rotatable bonds is 8. The number of ether oxygens (including phenoxy) is 3. The number of anilines is 2. The van der Waals surface area contributed by atoms with Crippen molar-refractivity contribution in [1.29, 1.82) is 0 Å². The van der Waals surface area contributed by atoms with Gasteiger partial charge in [-0.05, 0) is 24.6 Å². The molecular formula is C18H22N4O6S. The topological polar surface area (TPSA) is 146 Å². The molecule has 0 aliphatic carbocycles. The second kappa shape index (κ2) is 9.82. The van der Waals surface area contributed by atoms with E-state index in [-0.39, 0.29) is 22.2 Å². The molecule has 29 heavy (non-hydrogen) atoms. The first-order valence-electron chi connectivity index (χ1n) is 8.52. The van der Waals surface area contributed by atoms with Gasteiger partial charge >= 0.3 is 5.97 Å². The van der Waals surface area contributed by atoms with Gasteiger partial charge in [0.05, 0.1) is 21.3 Å². The maximum Gasteiger partial charge on any atom is 0.319 e. The molecule has 0 aliphatic rings. The molecule has 2 aromatic rings. The zero-order chi connectivity index (χ0) is 21.6. The molecule has 11 heteroatoms. The first kappa shape index (κ1) is 22.1. The molecule has 10 nitrogen and oxygen atoms in total. The lowest BCUT2D eigenvalue weighted by atomic mass is 10.2. The van der Waals surface area contributed by atoms with Crippen molar-refractivity contribution in [2.45, 2.75) is 23.8 Å². The first-order chi connectivity index (χ1) is 13.8. The van der Waals surface area contributed by atoms with Crippen molar-refractivity contribution in [2.75, 3.05) is 32.4 Å². The molecule has 0 saturated heterocycles. The normalized spacial score (nSPS) is 11.4. The summed E-state index contributed by atoms with van der Waals surface area (Å²) in [4.78, 5) is 43.2. The SMILES string of the molecule is CC[C@H](Sc1nc(N)c(NC(=O)c2ccc(OC)c(OC)c2)c(=O)[nH]1)C(=O)OC. The minimum Gasteiger partial charge on any atom is -0.493 e. The summed E-state index contributed by atoms with van der Waals surface area (Å²) in [7, 11) is 4.20. The summed E-state index contributed by atoms with van der Waals surface area (Å²) in [6, 6.07) is 4.55. The molecule has 0 saturated carbocycles. The van der Waals surface area contributed by atoms with Crippen molar-refractivity contribution in [3.8, 4) is 11.5 Å². The Labute approximate surface area is 171 Å². The molecule has 0 radical (unpaired) electrons. The van der Waals surface area contributed by atoms with Gasteiger partial charge in [0.15, 0.2) is 22.5 Å². The minimum atomic E-state index is -0.645. The van der Waals surface area contributed by atoms with E-state index in [1.165, 1.54) is 33.5 Å². The van der Waals surface area contributed by atoms with Gasteiger partial charge in [-0.3, -0.25) is 19.4 Å². The Morgan fingerprint density at radius 1 is 1.24 bits per heavy atom. The number of nitrogens with one attached hydrogen (secondary N) is 2. The molecule has 156 valence electrons. The second-order valence-corrected chi connectivity index (χ2v) is 6.88. The molecule has 1 heterocycles. The van der Waals surface area contributed by atoms with E-state index in [1.807, 2.05) is 0 Å². The largest absolute Gasteiger partial charge is 0.493 e. The van der Waals surface area contributed by atoms with Gasteiger partial charge in [-0.25, -0.2) is 4.98 Å². The van der Waals surface area contributed by atoms with Gasteiger partial charge in [-0.15, -0.1) is 0 Å². The average Bonchev–Trinajstić information content (AvgIpc) is 2.73. The summed E-state index contributed by atoms with van der Waals surface area (Å²) < 4.78 is 15.0. The van der Waals surface area contributed by atoms with Crippen molar-refractivity contribution < 1.29 is 23.8 Å². The highest BCUT2D eigenvalue weighted by Crippen LogP contribution is 2.28. The standard InChI is InChI=1S/C18H22N4O6S/c1-5-12(17(25)28-4)29-18-21-14(19)13(16(24)22-18)20-15(23)9-6-7-10(26-2)11(8-9)27-3/h6-8,12H,5H2,1-4H3,(H,20,23)(H3,19,21,22,24)/t12-/m0/s1. The number of nitrogens with zero attached hydrogens (tertiary/aromatic N) is 1. The Bertz CT molecular complexity index is 962. The molecule has 2 rings (SSSR count). The van der Waals surface area contributed by atoms with Crippen LogP contribution in [0.2, 0.25) is 0 Å². The second-order valence-electron chi connectivity index (χ2n) is 5.69. The number of hydrogen-bond acceptors (Lipinski definition) is 9. The van der Waals surface area contributed by atoms with Gasteiger partial charge in [0.2, 0.25) is 0 Å². The number of nitrogen functional groups attached to an aromatic ring is 1. The smallest absolute Gasteiger partial charge is 0.319 e. The number of aromatic amines is 1. The number of H-pyrrole nitrogens is 1. The fourth-order valence-electron chi connectivity index (χ4n) is 2.37. The van der Waals surface area contributed by atoms with Gasteiger partial charge in [0.1, 0.15) is 10.9 Å². The van der Waals surface area contributed by atoms with Crippen LogP contribution in [0.5, 0.6) is 11.5 Å². The summed E-state index contributed by atoms with van der Waals surface area (Å²) in [6.07, 6.45) is 0.471. The molecule has 0 spiro atoms. The molecule has 1 aromatic heterocycles. The van der Waals surface area contributed by atoms with Crippen molar-refractivity contribution in [2.24, 2.45) is 0 Å². The molecule has 4 N–H and O–H groups in total. The first-order valence-corrected chi connectivity index (χ1v) is 9.40. The number of methoxy groups -OCH3 is 3. The van der Waals surface area contributed by atoms with E-state index in [1.54, 1.807) is 13.0 Å². The van der Waals surface area contributed by atoms with E-state index in [9.17, 15) is 14.4 Å². The summed E-state index contributed by atoms with van der Waals surface area (Å²) >= 11 is 1.02. The third kappa shape index (κ3) is 5.19. The maximum atomic E-state index is 12.5. The third-order valence-electron chi connectivity index (χ3n) is 3.90. The Balaban J connectivity index is 2.24. The molecule has 0 unspecified atom stereocenters. The molecule has 0 bridgehead atoms. The van der Waals surface area contributed by atoms with Crippen molar-refractivity contribution in [3.05, 3.63) is 34.1 Å². The van der Waals surface area contributed by atoms with Crippen LogP contribution in [0.4, 0.5) is 11.5 Å². The van der Waals surface area contributed by atoms with Crippen LogP contribution in [0.1, 0.15) is 23.7 Å². The number of hydrogen-bond donors (Lipinski definition) is 3. The predicted octanol–water partition coefficient (Wildman–Crippen LogP) is 1.67. The van der Waals surface area contributed by atoms with E-state index in [0.717, 1.165) is 11.8 Å². The van der Waals surface area contributed by atoms with Crippen LogP contribution >= 0.6 is 11.8 Å². The number of amides is 1. The van der Waals surface area contributed by atoms with Crippen LogP contribution in [0, 0.1) is 0 Å². The monoisotopic (exact) mass is 422 g/mol. The van der Waals surface area contributed by atoms with Crippen LogP contribution in [-0.4, -0.2) is 48.4 Å². The highest BCUT2D eigenvalue weighted by atomic mass is 32.2. The van der Waals surface area contributed by atoms with Crippen LogP contribution in [0.15, 0.2) is 28.2 Å². The Morgan fingerprint density at radius 3 is 2.48 bits per heavy atom. The van der Waals surface area contributed by atoms with E-state index in [4.69, 9.17) is 19.9 Å². The summed E-state index contributed by atoms with van der Waals surface area (Å²) in [5.41, 5.74) is 5.25. The molecular weight excluding hydrogens is 400 g/mol. The number of nitrogens with two attached hydrogens (primary N) is 1. The summed E-state index contributed by atoms with van der Waals surface area (Å²) in [5.74, 6) is -0.374. The zero-order valence-electron chi connectivity index (χ0n) is 16.4. The zero-order valence-corrected chi connectivity index (χ0v) is 17.2.